The van der Waals surface area contributed by atoms with Crippen LogP contribution in [0.15, 0.2) is 0 Å². The summed E-state index contributed by atoms with van der Waals surface area (Å²) in [6.45, 7) is 2.45. The quantitative estimate of drug-likeness (QED) is 0.301. The molecule has 1 rings (SSSR count). The number of hydrogen-bond acceptors (Lipinski definition) is 9. The van der Waals surface area contributed by atoms with Crippen LogP contribution < -0.4 is 0 Å². The van der Waals surface area contributed by atoms with Crippen LogP contribution in [0.5, 0.6) is 0 Å². The highest BCUT2D eigenvalue weighted by molar-refractivity contribution is 6.01. The first-order valence-corrected chi connectivity index (χ1v) is 7.37. The summed E-state index contributed by atoms with van der Waals surface area (Å²) in [5.74, 6) is -1.41. The summed E-state index contributed by atoms with van der Waals surface area (Å²) in [5.41, 5.74) is 0. The molecule has 1 unspecified atom stereocenters. The van der Waals surface area contributed by atoms with Crippen molar-refractivity contribution in [3.63, 3.8) is 0 Å². The molecule has 1 atom stereocenters. The van der Waals surface area contributed by atoms with E-state index in [1.54, 1.807) is 0 Å². The number of aliphatic hydroxyl groups is 2. The summed E-state index contributed by atoms with van der Waals surface area (Å²) in [5, 5.41) is 18.0. The minimum absolute atomic E-state index is 0.0119. The fourth-order valence-electron chi connectivity index (χ4n) is 1.76. The number of rotatable bonds is 10. The van der Waals surface area contributed by atoms with Gasteiger partial charge in [-0.3, -0.25) is 14.4 Å². The SMILES string of the molecule is C=O.O=C(OCC(CCO)COCCCO)ON1C(=O)CCC1=O. The monoisotopic (exact) mass is 349 g/mol. The first-order chi connectivity index (χ1) is 11.6. The highest BCUT2D eigenvalue weighted by Crippen LogP contribution is 2.13. The van der Waals surface area contributed by atoms with E-state index in [0.717, 1.165) is 0 Å². The summed E-state index contributed by atoms with van der Waals surface area (Å²) in [6, 6.07) is 0. The molecule has 1 saturated heterocycles. The Balaban J connectivity index is 0.00000254. The summed E-state index contributed by atoms with van der Waals surface area (Å²) >= 11 is 0. The topological polar surface area (TPSA) is 140 Å². The van der Waals surface area contributed by atoms with Crippen molar-refractivity contribution < 1.29 is 43.7 Å². The molecule has 1 aliphatic rings. The Kier molecular flexibility index (Phi) is 12.3. The lowest BCUT2D eigenvalue weighted by Gasteiger charge is -2.17. The van der Waals surface area contributed by atoms with Crippen molar-refractivity contribution in [1.82, 2.24) is 5.06 Å². The van der Waals surface area contributed by atoms with Crippen molar-refractivity contribution in [2.75, 3.05) is 33.0 Å². The average Bonchev–Trinajstić information content (AvgIpc) is 2.90. The number of hydrogen-bond donors (Lipinski definition) is 2. The van der Waals surface area contributed by atoms with E-state index < -0.39 is 18.0 Å². The van der Waals surface area contributed by atoms with Gasteiger partial charge in [-0.1, -0.05) is 5.06 Å². The zero-order valence-electron chi connectivity index (χ0n) is 13.3. The van der Waals surface area contributed by atoms with Gasteiger partial charge in [0.1, 0.15) is 13.4 Å². The van der Waals surface area contributed by atoms with Crippen LogP contribution in [0, 0.1) is 5.92 Å². The zero-order valence-corrected chi connectivity index (χ0v) is 13.3. The molecule has 1 heterocycles. The third kappa shape index (κ3) is 8.56. The number of nitrogens with zero attached hydrogens (tertiary/aromatic N) is 1. The highest BCUT2D eigenvalue weighted by Gasteiger charge is 2.33. The van der Waals surface area contributed by atoms with Crippen LogP contribution >= 0.6 is 0 Å². The maximum absolute atomic E-state index is 11.4. The largest absolute Gasteiger partial charge is 0.533 e. The molecule has 0 radical (unpaired) electrons. The van der Waals surface area contributed by atoms with Gasteiger partial charge < -0.3 is 24.5 Å². The molecule has 138 valence electrons. The number of hydroxylamine groups is 2. The predicted molar refractivity (Wildman–Crippen MR) is 78.4 cm³/mol. The normalized spacial score (nSPS) is 14.8. The van der Waals surface area contributed by atoms with Gasteiger partial charge in [-0.25, -0.2) is 4.79 Å². The molecule has 24 heavy (non-hydrogen) atoms. The second-order valence-electron chi connectivity index (χ2n) is 4.76. The number of imide groups is 1. The molecular weight excluding hydrogens is 326 g/mol. The first kappa shape index (κ1) is 22.0. The van der Waals surface area contributed by atoms with Gasteiger partial charge in [0.25, 0.3) is 11.8 Å². The van der Waals surface area contributed by atoms with Crippen LogP contribution in [0.1, 0.15) is 25.7 Å². The maximum atomic E-state index is 11.4. The van der Waals surface area contributed by atoms with Crippen LogP contribution in [-0.2, 0) is 28.7 Å². The van der Waals surface area contributed by atoms with Gasteiger partial charge in [0, 0.05) is 38.6 Å². The molecule has 0 aliphatic carbocycles. The lowest BCUT2D eigenvalue weighted by atomic mass is 10.1. The third-order valence-electron chi connectivity index (χ3n) is 2.95. The number of carbonyl (C=O) groups excluding carboxylic acids is 4. The molecule has 1 fully saturated rings. The first-order valence-electron chi connectivity index (χ1n) is 7.37. The molecule has 10 heteroatoms. The van der Waals surface area contributed by atoms with E-state index in [4.69, 9.17) is 24.5 Å². The lowest BCUT2D eigenvalue weighted by molar-refractivity contribution is -0.177. The zero-order chi connectivity index (χ0) is 18.4. The van der Waals surface area contributed by atoms with E-state index in [2.05, 4.69) is 4.84 Å². The fourth-order valence-corrected chi connectivity index (χ4v) is 1.76. The summed E-state index contributed by atoms with van der Waals surface area (Å²) < 4.78 is 10.1. The minimum atomic E-state index is -1.15. The molecule has 0 aromatic rings. The average molecular weight is 349 g/mol. The van der Waals surface area contributed by atoms with Crippen LogP contribution in [-0.4, -0.2) is 73.1 Å². The van der Waals surface area contributed by atoms with E-state index in [9.17, 15) is 14.4 Å². The van der Waals surface area contributed by atoms with Gasteiger partial charge in [0.15, 0.2) is 0 Å². The Morgan fingerprint density at radius 2 is 1.75 bits per heavy atom. The fraction of sp³-hybridized carbons (Fsp3) is 0.714. The van der Waals surface area contributed by atoms with Crippen molar-refractivity contribution in [2.24, 2.45) is 5.92 Å². The van der Waals surface area contributed by atoms with Crippen molar-refractivity contribution in [3.05, 3.63) is 0 Å². The van der Waals surface area contributed by atoms with Crippen LogP contribution in [0.3, 0.4) is 0 Å². The minimum Gasteiger partial charge on any atom is -0.432 e. The molecule has 1 aliphatic heterocycles. The Hall–Kier alpha value is -2.04. The van der Waals surface area contributed by atoms with Crippen molar-refractivity contribution in [3.8, 4) is 0 Å². The Morgan fingerprint density at radius 1 is 1.12 bits per heavy atom. The van der Waals surface area contributed by atoms with Crippen molar-refractivity contribution >= 4 is 24.8 Å². The molecule has 10 nitrogen and oxygen atoms in total. The van der Waals surface area contributed by atoms with Crippen molar-refractivity contribution in [2.45, 2.75) is 25.7 Å². The molecule has 2 N–H and O–H groups in total. The Bertz CT molecular complexity index is 386. The second kappa shape index (κ2) is 13.4. The molecule has 2 amide bonds. The second-order valence-corrected chi connectivity index (χ2v) is 4.76. The standard InChI is InChI=1S/C13H21NO8.CH2O/c15-5-1-7-20-8-10(4-6-16)9-21-13(19)22-14-11(17)2-3-12(14)18;1-2/h10,15-16H,1-9H2;1H2. The summed E-state index contributed by atoms with van der Waals surface area (Å²) in [4.78, 5) is 46.5. The van der Waals surface area contributed by atoms with Gasteiger partial charge in [0.05, 0.1) is 6.61 Å². The molecule has 0 aromatic heterocycles. The Morgan fingerprint density at radius 3 is 2.29 bits per heavy atom. The van der Waals surface area contributed by atoms with E-state index in [0.29, 0.717) is 24.5 Å². The molecule has 0 saturated carbocycles. The van der Waals surface area contributed by atoms with Crippen LogP contribution in [0.4, 0.5) is 4.79 Å². The van der Waals surface area contributed by atoms with E-state index in [1.165, 1.54) is 0 Å². The van der Waals surface area contributed by atoms with Crippen molar-refractivity contribution in [1.29, 1.82) is 0 Å². The Labute approximate surface area is 139 Å². The number of ether oxygens (including phenoxy) is 2. The van der Waals surface area contributed by atoms with E-state index in [1.807, 2.05) is 6.79 Å². The van der Waals surface area contributed by atoms with Crippen LogP contribution in [0.2, 0.25) is 0 Å². The third-order valence-corrected chi connectivity index (χ3v) is 2.95. The summed E-state index contributed by atoms with van der Waals surface area (Å²) in [6.07, 6.45) is -0.278. The van der Waals surface area contributed by atoms with E-state index in [-0.39, 0.29) is 45.2 Å². The van der Waals surface area contributed by atoms with Crippen LogP contribution in [0.25, 0.3) is 0 Å². The van der Waals surface area contributed by atoms with Gasteiger partial charge in [-0.05, 0) is 12.8 Å². The van der Waals surface area contributed by atoms with E-state index >= 15 is 0 Å². The molecular formula is C14H23NO9. The number of aliphatic hydroxyl groups excluding tert-OH is 2. The molecule has 0 spiro atoms. The molecule has 0 aromatic carbocycles. The maximum Gasteiger partial charge on any atom is 0.533 e. The smallest absolute Gasteiger partial charge is 0.432 e. The number of carbonyl (C=O) groups is 4. The van der Waals surface area contributed by atoms with Gasteiger partial charge >= 0.3 is 6.16 Å². The molecule has 0 bridgehead atoms. The number of amides is 2. The highest BCUT2D eigenvalue weighted by atomic mass is 16.8. The summed E-state index contributed by atoms with van der Waals surface area (Å²) in [7, 11) is 0. The predicted octanol–water partition coefficient (Wildman–Crippen LogP) is -0.584. The van der Waals surface area contributed by atoms with Gasteiger partial charge in [0.2, 0.25) is 0 Å². The van der Waals surface area contributed by atoms with Gasteiger partial charge in [-0.2, -0.15) is 0 Å². The van der Waals surface area contributed by atoms with Gasteiger partial charge in [-0.15, -0.1) is 0 Å². The lowest BCUT2D eigenvalue weighted by Crippen LogP contribution is -2.33.